The molecule has 5 aromatic rings. The molecule has 7 heterocycles. The van der Waals surface area contributed by atoms with Crippen molar-refractivity contribution >= 4 is 40.9 Å². The van der Waals surface area contributed by atoms with Crippen molar-refractivity contribution in [1.82, 2.24) is 44.6 Å². The number of aryl methyl sites for hydroxylation is 2. The van der Waals surface area contributed by atoms with Crippen LogP contribution in [-0.2, 0) is 28.2 Å². The SMILES string of the molecule is Cc1nnc2n1-c1ccc(-c3cnn(CCCCCCN4CCN(c5nccc6c5CN(C5CCC(=O)NC5=O)C6=O)CC4)c3)cc1C(c1ccc(Cl)cc1)=NC21CC1. The maximum absolute atomic E-state index is 13.3. The summed E-state index contributed by atoms with van der Waals surface area (Å²) in [4.78, 5) is 54.0. The van der Waals surface area contributed by atoms with Crippen LogP contribution in [0.2, 0.25) is 5.02 Å². The number of hydrogen-bond donors (Lipinski definition) is 1. The lowest BCUT2D eigenvalue weighted by atomic mass is 9.96. The third-order valence-electron chi connectivity index (χ3n) is 12.6. The number of benzene rings is 2. The molecule has 5 aliphatic rings. The van der Waals surface area contributed by atoms with Crippen LogP contribution in [0.1, 0.15) is 90.1 Å². The molecule has 15 heteroatoms. The molecule has 1 aliphatic carbocycles. The summed E-state index contributed by atoms with van der Waals surface area (Å²) in [6.07, 6.45) is 12.8. The lowest BCUT2D eigenvalue weighted by molar-refractivity contribution is -0.136. The molecule has 1 N–H and O–H groups in total. The van der Waals surface area contributed by atoms with E-state index in [-0.39, 0.29) is 23.8 Å². The Morgan fingerprint density at radius 2 is 1.64 bits per heavy atom. The van der Waals surface area contributed by atoms with E-state index in [1.807, 2.05) is 37.4 Å². The highest BCUT2D eigenvalue weighted by molar-refractivity contribution is 6.30. The molecular weight excluding hydrogens is 766 g/mol. The molecule has 2 aromatic carbocycles. The number of halogens is 1. The summed E-state index contributed by atoms with van der Waals surface area (Å²) in [6.45, 7) is 7.80. The van der Waals surface area contributed by atoms with Gasteiger partial charge >= 0.3 is 0 Å². The van der Waals surface area contributed by atoms with Gasteiger partial charge in [0, 0.05) is 84.4 Å². The number of hydrogen-bond acceptors (Lipinski definition) is 10. The predicted molar refractivity (Wildman–Crippen MR) is 223 cm³/mol. The number of nitrogens with zero attached hydrogens (tertiary/aromatic N) is 10. The number of piperidine rings is 1. The van der Waals surface area contributed by atoms with Crippen molar-refractivity contribution in [2.45, 2.75) is 83.0 Å². The normalized spacial score (nSPS) is 19.7. The van der Waals surface area contributed by atoms with E-state index in [1.165, 1.54) is 0 Å². The molecule has 0 radical (unpaired) electrons. The van der Waals surface area contributed by atoms with Gasteiger partial charge in [-0.2, -0.15) is 5.10 Å². The van der Waals surface area contributed by atoms with Crippen molar-refractivity contribution in [3.8, 4) is 16.8 Å². The Bertz CT molecular complexity index is 2500. The van der Waals surface area contributed by atoms with Gasteiger partial charge in [-0.15, -0.1) is 10.2 Å². The van der Waals surface area contributed by atoms with Crippen molar-refractivity contribution in [3.63, 3.8) is 0 Å². The number of unbranched alkanes of at least 4 members (excludes halogenated alkanes) is 3. The zero-order valence-electron chi connectivity index (χ0n) is 33.1. The third kappa shape index (κ3) is 7.01. The second kappa shape index (κ2) is 15.1. The zero-order chi connectivity index (χ0) is 40.3. The Balaban J connectivity index is 0.721. The van der Waals surface area contributed by atoms with Crippen molar-refractivity contribution in [3.05, 3.63) is 106 Å². The minimum Gasteiger partial charge on any atom is -0.354 e. The van der Waals surface area contributed by atoms with E-state index in [1.54, 1.807) is 17.2 Å². The number of aromatic nitrogens is 6. The van der Waals surface area contributed by atoms with Gasteiger partial charge in [0.1, 0.15) is 23.2 Å². The fourth-order valence-corrected chi connectivity index (χ4v) is 9.30. The molecule has 2 saturated heterocycles. The van der Waals surface area contributed by atoms with Crippen molar-refractivity contribution in [2.24, 2.45) is 4.99 Å². The zero-order valence-corrected chi connectivity index (χ0v) is 33.9. The maximum Gasteiger partial charge on any atom is 0.255 e. The molecular formula is C44H46ClN11O3. The molecule has 14 nitrogen and oxygen atoms in total. The van der Waals surface area contributed by atoms with Crippen LogP contribution in [0.3, 0.4) is 0 Å². The monoisotopic (exact) mass is 811 g/mol. The van der Waals surface area contributed by atoms with Crippen LogP contribution in [0, 0.1) is 6.92 Å². The minimum absolute atomic E-state index is 0.164. The second-order valence-corrected chi connectivity index (χ2v) is 16.9. The van der Waals surface area contributed by atoms with Crippen LogP contribution in [0.25, 0.3) is 16.8 Å². The molecule has 302 valence electrons. The molecule has 3 amide bonds. The number of anilines is 1. The van der Waals surface area contributed by atoms with Gasteiger partial charge in [-0.3, -0.25) is 38.8 Å². The number of nitrogens with one attached hydrogen (secondary N) is 1. The van der Waals surface area contributed by atoms with Crippen molar-refractivity contribution < 1.29 is 14.4 Å². The summed E-state index contributed by atoms with van der Waals surface area (Å²) in [5.74, 6) is 1.76. The Morgan fingerprint density at radius 1 is 0.864 bits per heavy atom. The van der Waals surface area contributed by atoms with Crippen LogP contribution in [-0.4, -0.2) is 102 Å². The number of carbonyl (C=O) groups is 3. The standard InChI is InChI=1S/C44H46ClN11O3/c1-28-50-51-43-44(15-16-44)49-39(29-6-9-32(45)10-7-29)34-24-30(8-11-36(34)56(28)43)31-25-47-54(26-31)19-5-3-2-4-18-52-20-22-53(23-21-52)40-35-27-55(42(59)33(35)14-17-46-40)37-12-13-38(57)48-41(37)58/h6-11,14,17,24-26,37H,2-5,12-13,15-16,18-23,27H2,1H3,(H,48,57,58). The highest BCUT2D eigenvalue weighted by Gasteiger charge is 2.51. The summed E-state index contributed by atoms with van der Waals surface area (Å²) in [5, 5.41) is 16.9. The molecule has 1 atom stereocenters. The molecule has 1 spiro atoms. The van der Waals surface area contributed by atoms with E-state index in [0.29, 0.717) is 23.6 Å². The molecule has 1 saturated carbocycles. The second-order valence-electron chi connectivity index (χ2n) is 16.4. The molecule has 0 bridgehead atoms. The average Bonchev–Trinajstić information content (AvgIpc) is 3.52. The van der Waals surface area contributed by atoms with E-state index in [4.69, 9.17) is 21.7 Å². The lowest BCUT2D eigenvalue weighted by Crippen LogP contribution is -2.52. The first kappa shape index (κ1) is 37.5. The van der Waals surface area contributed by atoms with E-state index < -0.39 is 11.9 Å². The Morgan fingerprint density at radius 3 is 2.42 bits per heavy atom. The van der Waals surface area contributed by atoms with Gasteiger partial charge < -0.3 is 9.80 Å². The first-order valence-electron chi connectivity index (χ1n) is 20.8. The van der Waals surface area contributed by atoms with E-state index >= 15 is 0 Å². The molecule has 59 heavy (non-hydrogen) atoms. The van der Waals surface area contributed by atoms with Gasteiger partial charge in [0.25, 0.3) is 5.91 Å². The van der Waals surface area contributed by atoms with Crippen LogP contribution in [0.15, 0.2) is 72.1 Å². The van der Waals surface area contributed by atoms with Gasteiger partial charge in [0.2, 0.25) is 11.8 Å². The Labute approximate surface area is 347 Å². The van der Waals surface area contributed by atoms with E-state index in [0.717, 1.165) is 134 Å². The fourth-order valence-electron chi connectivity index (χ4n) is 9.18. The first-order chi connectivity index (χ1) is 28.7. The summed E-state index contributed by atoms with van der Waals surface area (Å²) in [6, 6.07) is 15.6. The third-order valence-corrected chi connectivity index (χ3v) is 12.8. The van der Waals surface area contributed by atoms with Gasteiger partial charge in [0.05, 0.1) is 24.1 Å². The average molecular weight is 812 g/mol. The van der Waals surface area contributed by atoms with Gasteiger partial charge in [0.15, 0.2) is 5.82 Å². The maximum atomic E-state index is 13.3. The van der Waals surface area contributed by atoms with E-state index in [9.17, 15) is 14.4 Å². The number of carbonyl (C=O) groups excluding carboxylic acids is 3. The van der Waals surface area contributed by atoms with Crippen LogP contribution in [0.4, 0.5) is 5.82 Å². The topological polar surface area (TPSA) is 147 Å². The summed E-state index contributed by atoms with van der Waals surface area (Å²) < 4.78 is 4.24. The molecule has 10 rings (SSSR count). The first-order valence-corrected chi connectivity index (χ1v) is 21.2. The minimum atomic E-state index is -0.629. The van der Waals surface area contributed by atoms with Gasteiger partial charge in [-0.25, -0.2) is 4.98 Å². The molecule has 1 unspecified atom stereocenters. The number of rotatable bonds is 11. The van der Waals surface area contributed by atoms with Crippen LogP contribution < -0.4 is 10.2 Å². The Hall–Kier alpha value is -5.73. The molecule has 3 fully saturated rings. The summed E-state index contributed by atoms with van der Waals surface area (Å²) >= 11 is 6.29. The summed E-state index contributed by atoms with van der Waals surface area (Å²) in [7, 11) is 0. The van der Waals surface area contributed by atoms with Crippen molar-refractivity contribution in [1.29, 1.82) is 0 Å². The highest BCUT2D eigenvalue weighted by Crippen LogP contribution is 2.52. The number of aliphatic imine (C=N–C) groups is 1. The lowest BCUT2D eigenvalue weighted by Gasteiger charge is -2.36. The number of amides is 3. The summed E-state index contributed by atoms with van der Waals surface area (Å²) in [5.41, 5.74) is 7.35. The largest absolute Gasteiger partial charge is 0.354 e. The number of piperazine rings is 1. The molecule has 4 aliphatic heterocycles. The van der Waals surface area contributed by atoms with Crippen LogP contribution in [0.5, 0.6) is 0 Å². The predicted octanol–water partition coefficient (Wildman–Crippen LogP) is 5.47. The fraction of sp³-hybridized carbons (Fsp3) is 0.409. The number of fused-ring (bicyclic) bond motifs is 5. The quantitative estimate of drug-likeness (QED) is 0.136. The van der Waals surface area contributed by atoms with Crippen LogP contribution >= 0.6 is 11.6 Å². The smallest absolute Gasteiger partial charge is 0.255 e. The highest BCUT2D eigenvalue weighted by atomic mass is 35.5. The molecule has 3 aromatic heterocycles. The van der Waals surface area contributed by atoms with E-state index in [2.05, 4.69) is 63.9 Å². The van der Waals surface area contributed by atoms with Crippen molar-refractivity contribution in [2.75, 3.05) is 37.6 Å². The van der Waals surface area contributed by atoms with Gasteiger partial charge in [-0.1, -0.05) is 42.6 Å². The van der Waals surface area contributed by atoms with Gasteiger partial charge in [-0.05, 0) is 81.5 Å². The Kier molecular flexibility index (Phi) is 9.63. The number of imide groups is 1. The number of pyridine rings is 1.